The van der Waals surface area contributed by atoms with Gasteiger partial charge in [0.05, 0.1) is 10.7 Å². The van der Waals surface area contributed by atoms with Crippen LogP contribution in [-0.4, -0.2) is 12.0 Å². The predicted octanol–water partition coefficient (Wildman–Crippen LogP) is 4.90. The van der Waals surface area contributed by atoms with Crippen molar-refractivity contribution < 1.29 is 0 Å². The Morgan fingerprint density at radius 3 is 2.84 bits per heavy atom. The lowest BCUT2D eigenvalue weighted by atomic mass is 10.2. The van der Waals surface area contributed by atoms with Gasteiger partial charge in [0, 0.05) is 21.5 Å². The second-order valence-electron chi connectivity index (χ2n) is 4.30. The number of rotatable bonds is 5. The molecule has 0 spiro atoms. The number of aryl methyl sites for hydroxylation is 1. The number of nitrogens with zero attached hydrogens (tertiary/aromatic N) is 1. The summed E-state index contributed by atoms with van der Waals surface area (Å²) in [4.78, 5) is 6.10. The van der Waals surface area contributed by atoms with E-state index < -0.39 is 0 Å². The topological polar surface area (TPSA) is 24.9 Å². The molecule has 5 heteroatoms. The minimum absolute atomic E-state index is 0.726. The molecule has 0 atom stereocenters. The monoisotopic (exact) mass is 358 g/mol. The van der Waals surface area contributed by atoms with E-state index in [1.54, 1.807) is 11.3 Å². The fourth-order valence-corrected chi connectivity index (χ4v) is 3.48. The molecule has 1 aromatic carbocycles. The van der Waals surface area contributed by atoms with Crippen LogP contribution >= 0.6 is 38.9 Å². The zero-order chi connectivity index (χ0) is 13.8. The first kappa shape index (κ1) is 15.0. The smallest absolute Gasteiger partial charge is 0.123 e. The number of aromatic nitrogens is 1. The van der Waals surface area contributed by atoms with Gasteiger partial charge in [-0.05, 0) is 41.5 Å². The zero-order valence-electron chi connectivity index (χ0n) is 11.0. The molecule has 1 N–H and O–H groups in total. The zero-order valence-corrected chi connectivity index (χ0v) is 14.1. The first-order valence-corrected chi connectivity index (χ1v) is 8.23. The molecule has 0 aliphatic heterocycles. The molecule has 102 valence electrons. The lowest BCUT2D eigenvalue weighted by Gasteiger charge is -1.99. The van der Waals surface area contributed by atoms with Gasteiger partial charge in [-0.25, -0.2) is 4.98 Å². The average molecular weight is 360 g/mol. The minimum Gasteiger partial charge on any atom is -0.315 e. The second kappa shape index (κ2) is 6.84. The highest BCUT2D eigenvalue weighted by Crippen LogP contribution is 2.33. The molecule has 0 aliphatic carbocycles. The molecule has 1 aromatic heterocycles. The standard InChI is InChI=1S/C14H16BrClN2S/c1-3-4-12-13(8-17-2)19-14(18-12)9-5-6-11(16)10(15)7-9/h5-7,17H,3-4,8H2,1-2H3. The van der Waals surface area contributed by atoms with Crippen LogP contribution in [0.3, 0.4) is 0 Å². The summed E-state index contributed by atoms with van der Waals surface area (Å²) in [6, 6.07) is 5.95. The number of benzene rings is 1. The molecule has 2 aromatic rings. The molecule has 2 nitrogen and oxygen atoms in total. The summed E-state index contributed by atoms with van der Waals surface area (Å²) in [6.07, 6.45) is 2.15. The van der Waals surface area contributed by atoms with Crippen LogP contribution in [-0.2, 0) is 13.0 Å². The first-order valence-electron chi connectivity index (χ1n) is 6.24. The van der Waals surface area contributed by atoms with Crippen molar-refractivity contribution in [1.82, 2.24) is 10.3 Å². The van der Waals surface area contributed by atoms with E-state index in [9.17, 15) is 0 Å². The summed E-state index contributed by atoms with van der Waals surface area (Å²) < 4.78 is 0.911. The summed E-state index contributed by atoms with van der Waals surface area (Å²) in [5.74, 6) is 0. The SMILES string of the molecule is CCCc1nc(-c2ccc(Cl)c(Br)c2)sc1CNC. The Labute approximate surface area is 131 Å². The minimum atomic E-state index is 0.726. The van der Waals surface area contributed by atoms with E-state index in [0.717, 1.165) is 39.5 Å². The fraction of sp³-hybridized carbons (Fsp3) is 0.357. The first-order chi connectivity index (χ1) is 9.15. The Bertz CT molecular complexity index is 545. The van der Waals surface area contributed by atoms with Crippen LogP contribution in [0.5, 0.6) is 0 Å². The van der Waals surface area contributed by atoms with E-state index in [0.29, 0.717) is 0 Å². The Kier molecular flexibility index (Phi) is 5.39. The lowest BCUT2D eigenvalue weighted by Crippen LogP contribution is -2.05. The van der Waals surface area contributed by atoms with Gasteiger partial charge in [0.15, 0.2) is 0 Å². The van der Waals surface area contributed by atoms with Crippen molar-refractivity contribution in [3.8, 4) is 10.6 Å². The molecule has 0 saturated heterocycles. The van der Waals surface area contributed by atoms with E-state index in [4.69, 9.17) is 16.6 Å². The molecule has 0 unspecified atom stereocenters. The molecule has 2 rings (SSSR count). The van der Waals surface area contributed by atoms with Gasteiger partial charge >= 0.3 is 0 Å². The maximum Gasteiger partial charge on any atom is 0.123 e. The van der Waals surface area contributed by atoms with Gasteiger partial charge in [-0.2, -0.15) is 0 Å². The fourth-order valence-electron chi connectivity index (χ4n) is 1.87. The van der Waals surface area contributed by atoms with E-state index in [1.807, 2.05) is 25.2 Å². The lowest BCUT2D eigenvalue weighted by molar-refractivity contribution is 0.798. The van der Waals surface area contributed by atoms with Gasteiger partial charge in [0.1, 0.15) is 5.01 Å². The Morgan fingerprint density at radius 2 is 2.21 bits per heavy atom. The summed E-state index contributed by atoms with van der Waals surface area (Å²) in [6.45, 7) is 3.06. The third kappa shape index (κ3) is 3.57. The molecule has 0 amide bonds. The van der Waals surface area contributed by atoms with E-state index >= 15 is 0 Å². The van der Waals surface area contributed by atoms with Crippen molar-refractivity contribution in [2.45, 2.75) is 26.3 Å². The molecule has 0 fully saturated rings. The quantitative estimate of drug-likeness (QED) is 0.821. The summed E-state index contributed by atoms with van der Waals surface area (Å²) in [5.41, 5.74) is 2.32. The van der Waals surface area contributed by atoms with Crippen molar-refractivity contribution in [3.63, 3.8) is 0 Å². The van der Waals surface area contributed by atoms with Crippen molar-refractivity contribution in [3.05, 3.63) is 38.3 Å². The molecular weight excluding hydrogens is 344 g/mol. The van der Waals surface area contributed by atoms with Gasteiger partial charge in [-0.3, -0.25) is 0 Å². The predicted molar refractivity (Wildman–Crippen MR) is 87.0 cm³/mol. The normalized spacial score (nSPS) is 10.9. The highest BCUT2D eigenvalue weighted by molar-refractivity contribution is 9.10. The maximum atomic E-state index is 6.03. The van der Waals surface area contributed by atoms with Crippen LogP contribution in [0, 0.1) is 0 Å². The van der Waals surface area contributed by atoms with E-state index in [2.05, 4.69) is 28.2 Å². The van der Waals surface area contributed by atoms with Gasteiger partial charge in [0.2, 0.25) is 0 Å². The maximum absolute atomic E-state index is 6.03. The Morgan fingerprint density at radius 1 is 1.42 bits per heavy atom. The van der Waals surface area contributed by atoms with Gasteiger partial charge in [-0.15, -0.1) is 11.3 Å². The largest absolute Gasteiger partial charge is 0.315 e. The van der Waals surface area contributed by atoms with Crippen molar-refractivity contribution in [2.24, 2.45) is 0 Å². The van der Waals surface area contributed by atoms with Gasteiger partial charge in [0.25, 0.3) is 0 Å². The Balaban J connectivity index is 2.38. The molecule has 0 aliphatic rings. The average Bonchev–Trinajstić information content (AvgIpc) is 2.77. The summed E-state index contributed by atoms with van der Waals surface area (Å²) in [5, 5.41) is 5.00. The third-order valence-corrected chi connectivity index (χ3v) is 5.13. The molecule has 0 radical (unpaired) electrons. The number of halogens is 2. The second-order valence-corrected chi connectivity index (χ2v) is 6.64. The van der Waals surface area contributed by atoms with E-state index in [-0.39, 0.29) is 0 Å². The number of hydrogen-bond donors (Lipinski definition) is 1. The van der Waals surface area contributed by atoms with Gasteiger partial charge in [-0.1, -0.05) is 31.0 Å². The molecule has 1 heterocycles. The number of nitrogens with one attached hydrogen (secondary N) is 1. The van der Waals surface area contributed by atoms with Crippen molar-refractivity contribution >= 4 is 38.9 Å². The molecule has 0 bridgehead atoms. The van der Waals surface area contributed by atoms with Crippen LogP contribution < -0.4 is 5.32 Å². The van der Waals surface area contributed by atoms with Crippen LogP contribution in [0.4, 0.5) is 0 Å². The van der Waals surface area contributed by atoms with Crippen LogP contribution in [0.2, 0.25) is 5.02 Å². The molecule has 19 heavy (non-hydrogen) atoms. The number of thiazole rings is 1. The molecular formula is C14H16BrClN2S. The number of hydrogen-bond acceptors (Lipinski definition) is 3. The Hall–Kier alpha value is -0.420. The highest BCUT2D eigenvalue weighted by atomic mass is 79.9. The van der Waals surface area contributed by atoms with Crippen molar-refractivity contribution in [1.29, 1.82) is 0 Å². The third-order valence-electron chi connectivity index (χ3n) is 2.77. The van der Waals surface area contributed by atoms with Crippen LogP contribution in [0.25, 0.3) is 10.6 Å². The molecule has 0 saturated carbocycles. The van der Waals surface area contributed by atoms with Gasteiger partial charge < -0.3 is 5.32 Å². The van der Waals surface area contributed by atoms with E-state index in [1.165, 1.54) is 10.6 Å². The highest BCUT2D eigenvalue weighted by Gasteiger charge is 2.12. The summed E-state index contributed by atoms with van der Waals surface area (Å²) >= 11 is 11.2. The summed E-state index contributed by atoms with van der Waals surface area (Å²) in [7, 11) is 1.97. The van der Waals surface area contributed by atoms with Crippen LogP contribution in [0.15, 0.2) is 22.7 Å². The van der Waals surface area contributed by atoms with Crippen molar-refractivity contribution in [2.75, 3.05) is 7.05 Å². The van der Waals surface area contributed by atoms with Crippen LogP contribution in [0.1, 0.15) is 23.9 Å².